The third-order valence-corrected chi connectivity index (χ3v) is 5.71. The van der Waals surface area contributed by atoms with E-state index in [2.05, 4.69) is 0 Å². The summed E-state index contributed by atoms with van der Waals surface area (Å²) in [4.78, 5) is 48.5. The number of rotatable bonds is 5. The highest BCUT2D eigenvalue weighted by Crippen LogP contribution is 2.54. The lowest BCUT2D eigenvalue weighted by atomic mass is 9.74. The third-order valence-electron chi connectivity index (χ3n) is 5.71. The van der Waals surface area contributed by atoms with Crippen molar-refractivity contribution in [3.8, 4) is 0 Å². The molecule has 0 N–H and O–H groups in total. The zero-order valence-electron chi connectivity index (χ0n) is 14.6. The number of non-ortho nitro benzene ring substituents is 1. The van der Waals surface area contributed by atoms with Crippen LogP contribution in [0.5, 0.6) is 0 Å². The van der Waals surface area contributed by atoms with Crippen LogP contribution in [-0.4, -0.2) is 52.5 Å². The smallest absolute Gasteiger partial charge is 0.338 e. The van der Waals surface area contributed by atoms with Crippen molar-refractivity contribution in [2.24, 2.45) is 11.8 Å². The van der Waals surface area contributed by atoms with E-state index >= 15 is 0 Å². The van der Waals surface area contributed by atoms with E-state index < -0.39 is 28.3 Å². The van der Waals surface area contributed by atoms with E-state index in [9.17, 15) is 24.5 Å². The van der Waals surface area contributed by atoms with Crippen molar-refractivity contribution in [1.82, 2.24) is 4.90 Å². The summed E-state index contributed by atoms with van der Waals surface area (Å²) in [5.74, 6) is -2.07. The van der Waals surface area contributed by atoms with Gasteiger partial charge in [-0.15, -0.1) is 0 Å². The Morgan fingerprint density at radius 3 is 2.67 bits per heavy atom. The van der Waals surface area contributed by atoms with Crippen molar-refractivity contribution in [2.75, 3.05) is 13.2 Å². The third kappa shape index (κ3) is 2.69. The second-order valence-corrected chi connectivity index (χ2v) is 7.28. The summed E-state index contributed by atoms with van der Waals surface area (Å²) in [7, 11) is 0. The van der Waals surface area contributed by atoms with Gasteiger partial charge in [-0.1, -0.05) is 0 Å². The summed E-state index contributed by atoms with van der Waals surface area (Å²) in [6.45, 7) is 1.74. The van der Waals surface area contributed by atoms with Crippen LogP contribution in [0.4, 0.5) is 5.69 Å². The first-order chi connectivity index (χ1) is 12.8. The predicted octanol–water partition coefficient (Wildman–Crippen LogP) is 1.30. The first-order valence-electron chi connectivity index (χ1n) is 8.76. The number of carbonyl (C=O) groups excluding carboxylic acids is 3. The van der Waals surface area contributed by atoms with Gasteiger partial charge in [-0.05, 0) is 31.9 Å². The van der Waals surface area contributed by atoms with Crippen molar-refractivity contribution in [3.05, 3.63) is 39.9 Å². The minimum atomic E-state index is -0.667. The standard InChI is InChI=1S/C18H18N2O7/c1-18-7-6-12(27-18)13-14(18)16(22)19(15(13)21)8-9-26-17(23)10-2-4-11(5-3-10)20(24)25/h2-5,12-14H,6-9H2,1H3. The Morgan fingerprint density at radius 1 is 1.33 bits per heavy atom. The van der Waals surface area contributed by atoms with Crippen molar-refractivity contribution in [2.45, 2.75) is 31.5 Å². The van der Waals surface area contributed by atoms with E-state index in [0.29, 0.717) is 0 Å². The molecule has 9 heteroatoms. The van der Waals surface area contributed by atoms with Gasteiger partial charge >= 0.3 is 5.97 Å². The van der Waals surface area contributed by atoms with Crippen LogP contribution >= 0.6 is 0 Å². The highest BCUT2D eigenvalue weighted by molar-refractivity contribution is 6.06. The molecule has 3 heterocycles. The zero-order valence-corrected chi connectivity index (χ0v) is 14.6. The first-order valence-corrected chi connectivity index (χ1v) is 8.76. The maximum absolute atomic E-state index is 12.7. The second-order valence-electron chi connectivity index (χ2n) is 7.28. The molecule has 4 unspecified atom stereocenters. The number of benzene rings is 1. The summed E-state index contributed by atoms with van der Waals surface area (Å²) in [6, 6.07) is 5.02. The SMILES string of the molecule is CC12CCC(O1)C1C(=O)N(CCOC(=O)c3ccc([N+](=O)[O-])cc3)C(=O)C12. The van der Waals surface area contributed by atoms with Gasteiger partial charge in [-0.2, -0.15) is 0 Å². The van der Waals surface area contributed by atoms with Gasteiger partial charge < -0.3 is 9.47 Å². The van der Waals surface area contributed by atoms with Crippen LogP contribution in [-0.2, 0) is 19.1 Å². The van der Waals surface area contributed by atoms with Crippen LogP contribution in [0.1, 0.15) is 30.1 Å². The number of hydrogen-bond acceptors (Lipinski definition) is 7. The monoisotopic (exact) mass is 374 g/mol. The highest BCUT2D eigenvalue weighted by atomic mass is 16.6. The van der Waals surface area contributed by atoms with Crippen molar-refractivity contribution >= 4 is 23.5 Å². The Hall–Kier alpha value is -2.81. The quantitative estimate of drug-likeness (QED) is 0.330. The molecule has 4 rings (SSSR count). The van der Waals surface area contributed by atoms with Crippen molar-refractivity contribution in [3.63, 3.8) is 0 Å². The van der Waals surface area contributed by atoms with Crippen LogP contribution in [0.25, 0.3) is 0 Å². The number of amides is 2. The van der Waals surface area contributed by atoms with E-state index in [4.69, 9.17) is 9.47 Å². The van der Waals surface area contributed by atoms with Gasteiger partial charge in [-0.25, -0.2) is 4.79 Å². The lowest BCUT2D eigenvalue weighted by molar-refractivity contribution is -0.384. The Bertz CT molecular complexity index is 837. The van der Waals surface area contributed by atoms with Crippen molar-refractivity contribution in [1.29, 1.82) is 0 Å². The second kappa shape index (κ2) is 6.12. The predicted molar refractivity (Wildman–Crippen MR) is 89.6 cm³/mol. The number of ether oxygens (including phenoxy) is 2. The number of hydrogen-bond donors (Lipinski definition) is 0. The fraction of sp³-hybridized carbons (Fsp3) is 0.500. The van der Waals surface area contributed by atoms with E-state index in [1.165, 1.54) is 24.3 Å². The van der Waals surface area contributed by atoms with E-state index in [0.717, 1.165) is 17.7 Å². The molecule has 0 aliphatic carbocycles. The molecule has 9 nitrogen and oxygen atoms in total. The number of esters is 1. The molecule has 142 valence electrons. The highest BCUT2D eigenvalue weighted by Gasteiger charge is 2.67. The van der Waals surface area contributed by atoms with E-state index in [1.54, 1.807) is 0 Å². The molecule has 0 spiro atoms. The maximum Gasteiger partial charge on any atom is 0.338 e. The fourth-order valence-corrected chi connectivity index (χ4v) is 4.39. The molecule has 3 aliphatic heterocycles. The minimum absolute atomic E-state index is 0.00775. The largest absolute Gasteiger partial charge is 0.460 e. The summed E-state index contributed by atoms with van der Waals surface area (Å²) >= 11 is 0. The lowest BCUT2D eigenvalue weighted by Gasteiger charge is -2.26. The van der Waals surface area contributed by atoms with Crippen LogP contribution in [0.15, 0.2) is 24.3 Å². The summed E-state index contributed by atoms with van der Waals surface area (Å²) < 4.78 is 11.0. The van der Waals surface area contributed by atoms with Gasteiger partial charge in [-0.3, -0.25) is 24.6 Å². The molecular formula is C18H18N2O7. The number of likely N-dealkylation sites (tertiary alicyclic amines) is 1. The van der Waals surface area contributed by atoms with Crippen LogP contribution in [0.2, 0.25) is 0 Å². The van der Waals surface area contributed by atoms with Crippen LogP contribution in [0, 0.1) is 22.0 Å². The molecular weight excluding hydrogens is 356 g/mol. The summed E-state index contributed by atoms with van der Waals surface area (Å²) in [5.41, 5.74) is -0.543. The van der Waals surface area contributed by atoms with Gasteiger partial charge in [0.15, 0.2) is 0 Å². The summed E-state index contributed by atoms with van der Waals surface area (Å²) in [6.07, 6.45) is 1.34. The molecule has 27 heavy (non-hydrogen) atoms. The van der Waals surface area contributed by atoms with Gasteiger partial charge in [0.2, 0.25) is 11.8 Å². The van der Waals surface area contributed by atoms with Gasteiger partial charge in [0.1, 0.15) is 6.61 Å². The molecule has 0 radical (unpaired) electrons. The molecule has 0 saturated carbocycles. The van der Waals surface area contributed by atoms with Gasteiger partial charge in [0.05, 0.1) is 40.6 Å². The number of carbonyl (C=O) groups is 3. The molecule has 1 aromatic carbocycles. The van der Waals surface area contributed by atoms with Gasteiger partial charge in [0.25, 0.3) is 5.69 Å². The molecule has 3 saturated heterocycles. The van der Waals surface area contributed by atoms with E-state index in [1.807, 2.05) is 6.92 Å². The average Bonchev–Trinajstić information content (AvgIpc) is 3.25. The Kier molecular flexibility index (Phi) is 3.99. The summed E-state index contributed by atoms with van der Waals surface area (Å²) in [5, 5.41) is 10.6. The number of nitro groups is 1. The number of nitrogens with zero attached hydrogens (tertiary/aromatic N) is 2. The molecule has 3 aliphatic rings. The Morgan fingerprint density at radius 2 is 2.04 bits per heavy atom. The minimum Gasteiger partial charge on any atom is -0.460 e. The topological polar surface area (TPSA) is 116 Å². The molecule has 0 aromatic heterocycles. The number of imide groups is 1. The average molecular weight is 374 g/mol. The van der Waals surface area contributed by atoms with E-state index in [-0.39, 0.29) is 42.3 Å². The Labute approximate surface area is 154 Å². The normalized spacial score (nSPS) is 31.3. The lowest BCUT2D eigenvalue weighted by Crippen LogP contribution is -2.40. The maximum atomic E-state index is 12.7. The van der Waals surface area contributed by atoms with Gasteiger partial charge in [0, 0.05) is 12.1 Å². The molecule has 2 bridgehead atoms. The fourth-order valence-electron chi connectivity index (χ4n) is 4.39. The molecule has 1 aromatic rings. The Balaban J connectivity index is 1.35. The number of nitro benzene ring substituents is 1. The van der Waals surface area contributed by atoms with Crippen LogP contribution in [0.3, 0.4) is 0 Å². The van der Waals surface area contributed by atoms with Crippen molar-refractivity contribution < 1.29 is 28.8 Å². The van der Waals surface area contributed by atoms with Crippen LogP contribution < -0.4 is 0 Å². The first kappa shape index (κ1) is 17.6. The number of fused-ring (bicyclic) bond motifs is 5. The zero-order chi connectivity index (χ0) is 19.3. The molecule has 2 amide bonds. The molecule has 3 fully saturated rings. The molecule has 4 atom stereocenters.